The van der Waals surface area contributed by atoms with Crippen molar-refractivity contribution >= 4 is 28.7 Å². The Hall–Kier alpha value is -2.82. The minimum absolute atomic E-state index is 0.108. The van der Waals surface area contributed by atoms with E-state index in [-0.39, 0.29) is 3.92 Å². The van der Waals surface area contributed by atoms with Gasteiger partial charge in [-0.25, -0.2) is 22.4 Å². The molecule has 3 rings (SSSR count). The zero-order valence-corrected chi connectivity index (χ0v) is 22.9. The first-order valence-corrected chi connectivity index (χ1v) is 13.0. The van der Waals surface area contributed by atoms with Crippen LogP contribution in [0, 0.1) is 23.3 Å². The minimum atomic E-state index is -0.995. The van der Waals surface area contributed by atoms with Crippen LogP contribution in [-0.4, -0.2) is 28.8 Å². The highest BCUT2D eigenvalue weighted by molar-refractivity contribution is 14.1. The Bertz CT molecular complexity index is 1180. The molecule has 3 aromatic rings. The number of carbonyl (C=O) groups is 1. The van der Waals surface area contributed by atoms with E-state index in [1.54, 1.807) is 39.0 Å². The Balaban J connectivity index is 1.71. The predicted molar refractivity (Wildman–Crippen MR) is 144 cm³/mol. The maximum absolute atomic E-state index is 13.9. The van der Waals surface area contributed by atoms with Crippen molar-refractivity contribution in [2.45, 2.75) is 43.1 Å². The number of hydrogen-bond donors (Lipinski definition) is 1. The van der Waals surface area contributed by atoms with Crippen LogP contribution in [-0.2, 0) is 4.74 Å². The van der Waals surface area contributed by atoms with Crippen LogP contribution in [0.4, 0.5) is 22.4 Å². The fourth-order valence-electron chi connectivity index (χ4n) is 3.47. The summed E-state index contributed by atoms with van der Waals surface area (Å²) in [5, 5.41) is 2.72. The van der Waals surface area contributed by atoms with Crippen molar-refractivity contribution in [2.75, 3.05) is 13.2 Å². The molecule has 0 aliphatic rings. The second-order valence-electron chi connectivity index (χ2n) is 9.48. The molecule has 0 heterocycles. The molecule has 3 aromatic carbocycles. The van der Waals surface area contributed by atoms with Gasteiger partial charge in [0.15, 0.2) is 23.3 Å². The summed E-state index contributed by atoms with van der Waals surface area (Å²) in [6.45, 7) is 6.19. The summed E-state index contributed by atoms with van der Waals surface area (Å²) in [6, 6.07) is 12.1. The topological polar surface area (TPSA) is 47.6 Å². The fraction of sp³-hybridized carbons (Fsp3) is 0.321. The van der Waals surface area contributed by atoms with E-state index in [1.165, 1.54) is 12.1 Å². The van der Waals surface area contributed by atoms with E-state index in [1.807, 2.05) is 0 Å². The summed E-state index contributed by atoms with van der Waals surface area (Å²) < 4.78 is 66.0. The van der Waals surface area contributed by atoms with E-state index in [9.17, 15) is 22.4 Å². The molecule has 0 saturated heterocycles. The van der Waals surface area contributed by atoms with E-state index in [2.05, 4.69) is 27.9 Å². The van der Waals surface area contributed by atoms with Gasteiger partial charge in [-0.05, 0) is 98.3 Å². The van der Waals surface area contributed by atoms with Crippen molar-refractivity contribution in [3.8, 4) is 28.0 Å². The molecule has 1 atom stereocenters. The molecule has 0 radical (unpaired) electrons. The molecule has 1 amide bonds. The Morgan fingerprint density at radius 3 is 1.86 bits per heavy atom. The van der Waals surface area contributed by atoms with Crippen molar-refractivity contribution in [3.05, 3.63) is 77.9 Å². The van der Waals surface area contributed by atoms with Crippen LogP contribution in [0.15, 0.2) is 54.6 Å². The predicted octanol–water partition coefficient (Wildman–Crippen LogP) is 8.06. The second-order valence-corrected chi connectivity index (χ2v) is 11.2. The van der Waals surface area contributed by atoms with Gasteiger partial charge in [0.1, 0.15) is 11.4 Å². The van der Waals surface area contributed by atoms with E-state index in [0.29, 0.717) is 47.6 Å². The maximum atomic E-state index is 13.9. The zero-order chi connectivity index (χ0) is 27.2. The van der Waals surface area contributed by atoms with Gasteiger partial charge in [-0.1, -0.05) is 34.7 Å². The molecule has 0 aliphatic carbocycles. The standard InChI is InChI=1S/C28H28F4INO3/c1-28(2,3)37-27(35)34-10-4-5-21(33)16-36-22-12-19(17-6-8-23(29)25(31)14-17)11-20(13-22)18-7-9-24(30)26(32)15-18/h6-9,11-15,21H,4-5,10,16H2,1-3H3,(H,34,35)/t21-/m1/s1. The number of amides is 1. The Morgan fingerprint density at radius 2 is 1.38 bits per heavy atom. The van der Waals surface area contributed by atoms with Crippen molar-refractivity contribution < 1.29 is 31.8 Å². The average molecular weight is 629 g/mol. The van der Waals surface area contributed by atoms with Gasteiger partial charge in [-0.2, -0.15) is 0 Å². The number of alkyl carbamates (subject to hydrolysis) is 1. The first-order chi connectivity index (χ1) is 17.4. The molecule has 0 spiro atoms. The summed E-state index contributed by atoms with van der Waals surface area (Å²) in [5.74, 6) is -3.48. The lowest BCUT2D eigenvalue weighted by Crippen LogP contribution is -2.33. The lowest BCUT2D eigenvalue weighted by molar-refractivity contribution is 0.0527. The van der Waals surface area contributed by atoms with Gasteiger partial charge in [0, 0.05) is 10.5 Å². The van der Waals surface area contributed by atoms with E-state index in [4.69, 9.17) is 9.47 Å². The molecular formula is C28H28F4INO3. The third-order valence-corrected chi connectivity index (χ3v) is 6.19. The van der Waals surface area contributed by atoms with Crippen molar-refractivity contribution in [3.63, 3.8) is 0 Å². The molecule has 0 fully saturated rings. The number of ether oxygens (including phenoxy) is 2. The highest BCUT2D eigenvalue weighted by Crippen LogP contribution is 2.33. The number of carbonyl (C=O) groups excluding carboxylic acids is 1. The Labute approximate surface area is 227 Å². The summed E-state index contributed by atoms with van der Waals surface area (Å²) in [4.78, 5) is 11.7. The largest absolute Gasteiger partial charge is 0.492 e. The third kappa shape index (κ3) is 8.91. The first kappa shape index (κ1) is 28.7. The summed E-state index contributed by atoms with van der Waals surface area (Å²) in [7, 11) is 0. The van der Waals surface area contributed by atoms with E-state index < -0.39 is 35.0 Å². The van der Waals surface area contributed by atoms with Crippen molar-refractivity contribution in [1.29, 1.82) is 0 Å². The van der Waals surface area contributed by atoms with Crippen molar-refractivity contribution in [2.24, 2.45) is 0 Å². The molecule has 198 valence electrons. The Morgan fingerprint density at radius 1 is 0.838 bits per heavy atom. The second kappa shape index (κ2) is 12.6. The number of benzene rings is 3. The van der Waals surface area contributed by atoms with Crippen molar-refractivity contribution in [1.82, 2.24) is 5.32 Å². The third-order valence-electron chi connectivity index (χ3n) is 5.21. The van der Waals surface area contributed by atoms with Gasteiger partial charge < -0.3 is 14.8 Å². The fourth-order valence-corrected chi connectivity index (χ4v) is 4.09. The number of hydrogen-bond acceptors (Lipinski definition) is 3. The van der Waals surface area contributed by atoms with Gasteiger partial charge in [0.05, 0.1) is 6.61 Å². The van der Waals surface area contributed by atoms with Crippen LogP contribution in [0.25, 0.3) is 22.3 Å². The summed E-state index contributed by atoms with van der Waals surface area (Å²) in [6.07, 6.45) is 1.01. The molecule has 0 aliphatic heterocycles. The van der Waals surface area contributed by atoms with Gasteiger partial charge in [-0.3, -0.25) is 0 Å². The molecule has 1 N–H and O–H groups in total. The van der Waals surface area contributed by atoms with Crippen LogP contribution in [0.1, 0.15) is 33.6 Å². The normalized spacial score (nSPS) is 12.2. The smallest absolute Gasteiger partial charge is 0.407 e. The number of rotatable bonds is 9. The number of halogens is 5. The lowest BCUT2D eigenvalue weighted by Gasteiger charge is -2.19. The van der Waals surface area contributed by atoms with Gasteiger partial charge >= 0.3 is 6.09 Å². The highest BCUT2D eigenvalue weighted by atomic mass is 127. The van der Waals surface area contributed by atoms with Crippen LogP contribution in [0.3, 0.4) is 0 Å². The minimum Gasteiger partial charge on any atom is -0.492 e. The zero-order valence-electron chi connectivity index (χ0n) is 20.7. The highest BCUT2D eigenvalue weighted by Gasteiger charge is 2.16. The lowest BCUT2D eigenvalue weighted by atomic mass is 9.98. The molecule has 0 unspecified atom stereocenters. The maximum Gasteiger partial charge on any atom is 0.407 e. The molecule has 9 heteroatoms. The monoisotopic (exact) mass is 629 g/mol. The SMILES string of the molecule is CC(C)(C)OC(=O)NCCC[C@@H](I)COc1cc(-c2ccc(F)c(F)c2)cc(-c2ccc(F)c(F)c2)c1. The summed E-state index contributed by atoms with van der Waals surface area (Å²) in [5.41, 5.74) is 1.32. The summed E-state index contributed by atoms with van der Waals surface area (Å²) >= 11 is 2.25. The molecule has 0 aromatic heterocycles. The average Bonchev–Trinajstić information content (AvgIpc) is 2.82. The van der Waals surface area contributed by atoms with E-state index >= 15 is 0 Å². The van der Waals surface area contributed by atoms with Crippen LogP contribution in [0.2, 0.25) is 0 Å². The van der Waals surface area contributed by atoms with E-state index in [0.717, 1.165) is 30.7 Å². The molecular weight excluding hydrogens is 601 g/mol. The van der Waals surface area contributed by atoms with Gasteiger partial charge in [0.2, 0.25) is 0 Å². The molecule has 4 nitrogen and oxygen atoms in total. The van der Waals surface area contributed by atoms with Crippen LogP contribution < -0.4 is 10.1 Å². The number of nitrogens with one attached hydrogen (secondary N) is 1. The first-order valence-electron chi connectivity index (χ1n) is 11.7. The van der Waals surface area contributed by atoms with Crippen LogP contribution in [0.5, 0.6) is 5.75 Å². The van der Waals surface area contributed by atoms with Crippen LogP contribution >= 0.6 is 22.6 Å². The van der Waals surface area contributed by atoms with Gasteiger partial charge in [-0.15, -0.1) is 0 Å². The molecule has 0 bridgehead atoms. The Kier molecular flexibility index (Phi) is 9.80. The number of alkyl halides is 1. The quantitative estimate of drug-likeness (QED) is 0.113. The van der Waals surface area contributed by atoms with Gasteiger partial charge in [0.25, 0.3) is 0 Å². The molecule has 0 saturated carbocycles. The molecule has 37 heavy (non-hydrogen) atoms.